The van der Waals surface area contributed by atoms with Crippen LogP contribution in [0, 0.1) is 5.82 Å². The van der Waals surface area contributed by atoms with Crippen LogP contribution in [0.25, 0.3) is 5.65 Å². The molecule has 5 heteroatoms. The molecule has 1 unspecified atom stereocenters. The monoisotopic (exact) mass is 301 g/mol. The molecule has 106 valence electrons. The number of benzene rings is 1. The molecule has 3 nitrogen and oxygen atoms in total. The van der Waals surface area contributed by atoms with E-state index in [2.05, 4.69) is 10.3 Å². The third kappa shape index (κ3) is 2.03. The van der Waals surface area contributed by atoms with E-state index in [0.29, 0.717) is 10.6 Å². The number of rotatable bonds is 1. The van der Waals surface area contributed by atoms with E-state index in [9.17, 15) is 4.39 Å². The van der Waals surface area contributed by atoms with Crippen LogP contribution in [0.3, 0.4) is 0 Å². The average Bonchev–Trinajstić information content (AvgIpc) is 2.86. The molecule has 2 aromatic heterocycles. The van der Waals surface area contributed by atoms with Gasteiger partial charge in [0.2, 0.25) is 0 Å². The van der Waals surface area contributed by atoms with Crippen LogP contribution in [0.2, 0.25) is 5.02 Å². The lowest BCUT2D eigenvalue weighted by Gasteiger charge is -2.25. The summed E-state index contributed by atoms with van der Waals surface area (Å²) in [6.07, 6.45) is 2.82. The fourth-order valence-corrected chi connectivity index (χ4v) is 3.14. The van der Waals surface area contributed by atoms with E-state index in [1.807, 2.05) is 28.8 Å². The maximum absolute atomic E-state index is 14.3. The van der Waals surface area contributed by atoms with Crippen molar-refractivity contribution in [2.75, 3.05) is 6.54 Å². The molecular weight excluding hydrogens is 289 g/mol. The summed E-state index contributed by atoms with van der Waals surface area (Å²) in [5.41, 5.74) is 3.54. The van der Waals surface area contributed by atoms with Crippen molar-refractivity contribution >= 4 is 17.2 Å². The molecule has 0 radical (unpaired) electrons. The van der Waals surface area contributed by atoms with Crippen molar-refractivity contribution in [1.29, 1.82) is 0 Å². The van der Waals surface area contributed by atoms with Gasteiger partial charge in [0.25, 0.3) is 0 Å². The van der Waals surface area contributed by atoms with Gasteiger partial charge in [-0.1, -0.05) is 23.7 Å². The molecule has 1 N–H and O–H groups in total. The molecule has 3 heterocycles. The first-order valence-corrected chi connectivity index (χ1v) is 7.26. The van der Waals surface area contributed by atoms with Gasteiger partial charge in [-0.25, -0.2) is 9.37 Å². The zero-order valence-electron chi connectivity index (χ0n) is 11.2. The van der Waals surface area contributed by atoms with Gasteiger partial charge in [-0.3, -0.25) is 0 Å². The normalized spacial score (nSPS) is 17.9. The van der Waals surface area contributed by atoms with Crippen molar-refractivity contribution in [2.45, 2.75) is 12.5 Å². The molecule has 0 aliphatic carbocycles. The van der Waals surface area contributed by atoms with Crippen LogP contribution in [-0.4, -0.2) is 15.9 Å². The molecule has 4 rings (SSSR count). The number of nitrogens with one attached hydrogen (secondary N) is 1. The second-order valence-electron chi connectivity index (χ2n) is 5.18. The van der Waals surface area contributed by atoms with E-state index in [4.69, 9.17) is 11.6 Å². The molecule has 1 aromatic carbocycles. The van der Waals surface area contributed by atoms with Gasteiger partial charge in [0.05, 0.1) is 17.4 Å². The first-order chi connectivity index (χ1) is 10.2. The first-order valence-electron chi connectivity index (χ1n) is 6.88. The molecule has 0 bridgehead atoms. The van der Waals surface area contributed by atoms with E-state index in [0.717, 1.165) is 30.0 Å². The number of nitrogens with zero attached hydrogens (tertiary/aromatic N) is 2. The minimum atomic E-state index is -0.293. The topological polar surface area (TPSA) is 29.3 Å². The lowest BCUT2D eigenvalue weighted by molar-refractivity contribution is 0.514. The Labute approximate surface area is 126 Å². The lowest BCUT2D eigenvalue weighted by Crippen LogP contribution is -2.32. The van der Waals surface area contributed by atoms with Crippen LogP contribution >= 0.6 is 11.6 Å². The summed E-state index contributed by atoms with van der Waals surface area (Å²) < 4.78 is 16.3. The highest BCUT2D eigenvalue weighted by Gasteiger charge is 2.28. The molecule has 0 saturated heterocycles. The second-order valence-corrected chi connectivity index (χ2v) is 5.61. The Morgan fingerprint density at radius 2 is 2.19 bits per heavy atom. The number of hydrogen-bond donors (Lipinski definition) is 1. The van der Waals surface area contributed by atoms with E-state index in [-0.39, 0.29) is 11.9 Å². The average molecular weight is 302 g/mol. The SMILES string of the molecule is Fc1cc(Cl)ccc1C1NCCc2nc3ccccn3c21. The summed E-state index contributed by atoms with van der Waals surface area (Å²) in [4.78, 5) is 4.65. The number of hydrogen-bond acceptors (Lipinski definition) is 2. The first kappa shape index (κ1) is 12.8. The predicted molar refractivity (Wildman–Crippen MR) is 80.2 cm³/mol. The molecule has 1 atom stereocenters. The van der Waals surface area contributed by atoms with E-state index in [1.54, 1.807) is 12.1 Å². The number of pyridine rings is 1. The van der Waals surface area contributed by atoms with Crippen LogP contribution in [0.5, 0.6) is 0 Å². The van der Waals surface area contributed by atoms with Crippen LogP contribution in [0.1, 0.15) is 23.0 Å². The highest BCUT2D eigenvalue weighted by molar-refractivity contribution is 6.30. The molecule has 0 saturated carbocycles. The highest BCUT2D eigenvalue weighted by atomic mass is 35.5. The predicted octanol–water partition coefficient (Wildman–Crippen LogP) is 3.36. The van der Waals surface area contributed by atoms with E-state index >= 15 is 0 Å². The summed E-state index contributed by atoms with van der Waals surface area (Å²) in [5.74, 6) is -0.293. The van der Waals surface area contributed by atoms with E-state index in [1.165, 1.54) is 6.07 Å². The lowest BCUT2D eigenvalue weighted by atomic mass is 9.97. The number of imidazole rings is 1. The summed E-state index contributed by atoms with van der Waals surface area (Å²) in [6, 6.07) is 10.5. The van der Waals surface area contributed by atoms with Gasteiger partial charge in [0.1, 0.15) is 11.5 Å². The maximum Gasteiger partial charge on any atom is 0.137 e. The maximum atomic E-state index is 14.3. The van der Waals surface area contributed by atoms with Gasteiger partial charge < -0.3 is 9.72 Å². The third-order valence-corrected chi connectivity index (χ3v) is 4.14. The standard InChI is InChI=1S/C16H13ClFN3/c17-10-4-5-11(12(18)9-10)15-16-13(6-7-19-15)20-14-3-1-2-8-21(14)16/h1-5,8-9,15,19H,6-7H2. The molecule has 21 heavy (non-hydrogen) atoms. The Morgan fingerprint density at radius 3 is 3.05 bits per heavy atom. The van der Waals surface area contributed by atoms with Crippen LogP contribution in [0.4, 0.5) is 4.39 Å². The quantitative estimate of drug-likeness (QED) is 0.747. The Bertz CT molecular complexity index is 828. The number of halogens is 2. The molecule has 1 aliphatic heterocycles. The van der Waals surface area contributed by atoms with Gasteiger partial charge in [-0.2, -0.15) is 0 Å². The van der Waals surface area contributed by atoms with Gasteiger partial charge in [0.15, 0.2) is 0 Å². The minimum Gasteiger partial charge on any atom is -0.304 e. The van der Waals surface area contributed by atoms with Crippen molar-refractivity contribution < 1.29 is 4.39 Å². The summed E-state index contributed by atoms with van der Waals surface area (Å²) >= 11 is 5.85. The van der Waals surface area contributed by atoms with Gasteiger partial charge in [-0.05, 0) is 24.3 Å². The van der Waals surface area contributed by atoms with Crippen molar-refractivity contribution in [3.05, 3.63) is 70.4 Å². The zero-order valence-corrected chi connectivity index (χ0v) is 11.9. The highest BCUT2D eigenvalue weighted by Crippen LogP contribution is 2.31. The smallest absolute Gasteiger partial charge is 0.137 e. The molecule has 3 aromatic rings. The molecule has 0 spiro atoms. The third-order valence-electron chi connectivity index (χ3n) is 3.90. The van der Waals surface area contributed by atoms with Crippen LogP contribution in [0.15, 0.2) is 42.6 Å². The van der Waals surface area contributed by atoms with Crippen molar-refractivity contribution in [3.63, 3.8) is 0 Å². The number of fused-ring (bicyclic) bond motifs is 3. The Balaban J connectivity index is 1.93. The summed E-state index contributed by atoms with van der Waals surface area (Å²) in [6.45, 7) is 0.781. The fourth-order valence-electron chi connectivity index (χ4n) is 2.98. The second kappa shape index (κ2) is 4.83. The fraction of sp³-hybridized carbons (Fsp3) is 0.188. The van der Waals surface area contributed by atoms with Gasteiger partial charge >= 0.3 is 0 Å². The van der Waals surface area contributed by atoms with Crippen molar-refractivity contribution in [1.82, 2.24) is 14.7 Å². The Hall–Kier alpha value is -1.91. The zero-order chi connectivity index (χ0) is 14.4. The summed E-state index contributed by atoms with van der Waals surface area (Å²) in [7, 11) is 0. The molecular formula is C16H13ClFN3. The molecule has 0 amide bonds. The van der Waals surface area contributed by atoms with Crippen molar-refractivity contribution in [2.24, 2.45) is 0 Å². The molecule has 0 fully saturated rings. The molecule has 1 aliphatic rings. The van der Waals surface area contributed by atoms with Gasteiger partial charge in [0, 0.05) is 29.7 Å². The van der Waals surface area contributed by atoms with Gasteiger partial charge in [-0.15, -0.1) is 0 Å². The Morgan fingerprint density at radius 1 is 1.29 bits per heavy atom. The summed E-state index contributed by atoms with van der Waals surface area (Å²) in [5, 5.41) is 3.79. The largest absolute Gasteiger partial charge is 0.304 e. The van der Waals surface area contributed by atoms with Crippen molar-refractivity contribution in [3.8, 4) is 0 Å². The minimum absolute atomic E-state index is 0.205. The van der Waals surface area contributed by atoms with E-state index < -0.39 is 0 Å². The number of aromatic nitrogens is 2. The Kier molecular flexibility index (Phi) is 2.94. The van der Waals surface area contributed by atoms with Crippen LogP contribution < -0.4 is 5.32 Å². The van der Waals surface area contributed by atoms with Crippen LogP contribution in [-0.2, 0) is 6.42 Å².